The first-order valence-corrected chi connectivity index (χ1v) is 9.75. The van der Waals surface area contributed by atoms with Gasteiger partial charge in [0.15, 0.2) is 9.84 Å². The first-order chi connectivity index (χ1) is 12.0. The second-order valence-corrected chi connectivity index (χ2v) is 7.60. The van der Waals surface area contributed by atoms with Crippen molar-refractivity contribution in [2.75, 3.05) is 17.3 Å². The number of anilines is 1. The predicted octanol–water partition coefficient (Wildman–Crippen LogP) is 3.04. The molecule has 1 amide bonds. The fraction of sp³-hybridized carbons (Fsp3) is 0.211. The van der Waals surface area contributed by atoms with Crippen LogP contribution in [0.4, 0.5) is 5.69 Å². The molecule has 0 radical (unpaired) electrons. The third-order valence-electron chi connectivity index (χ3n) is 3.91. The number of sulfone groups is 1. The van der Waals surface area contributed by atoms with Crippen LogP contribution in [-0.2, 0) is 9.84 Å². The van der Waals surface area contributed by atoms with Gasteiger partial charge in [-0.1, -0.05) is 30.3 Å². The van der Waals surface area contributed by atoms with E-state index in [0.717, 1.165) is 0 Å². The summed E-state index contributed by atoms with van der Waals surface area (Å²) < 4.78 is 29.3. The average molecular weight is 357 g/mol. The predicted molar refractivity (Wildman–Crippen MR) is 97.6 cm³/mol. The van der Waals surface area contributed by atoms with Crippen molar-refractivity contribution in [2.24, 2.45) is 0 Å². The molecule has 1 aliphatic heterocycles. The second kappa shape index (κ2) is 7.11. The van der Waals surface area contributed by atoms with Gasteiger partial charge >= 0.3 is 0 Å². The van der Waals surface area contributed by atoms with Crippen LogP contribution in [0.1, 0.15) is 17.3 Å². The quantitative estimate of drug-likeness (QED) is 0.825. The van der Waals surface area contributed by atoms with Crippen molar-refractivity contribution >= 4 is 21.4 Å². The molecule has 0 spiro atoms. The fourth-order valence-corrected chi connectivity index (χ4v) is 4.09. The van der Waals surface area contributed by atoms with E-state index in [-0.39, 0.29) is 11.7 Å². The van der Waals surface area contributed by atoms with Gasteiger partial charge in [-0.2, -0.15) is 0 Å². The summed E-state index contributed by atoms with van der Waals surface area (Å²) in [6, 6.07) is 15.5. The van der Waals surface area contributed by atoms with E-state index < -0.39 is 15.9 Å². The van der Waals surface area contributed by atoms with Crippen molar-refractivity contribution in [2.45, 2.75) is 13.0 Å². The molecule has 3 rings (SSSR count). The molecule has 0 bridgehead atoms. The molecule has 1 aliphatic rings. The van der Waals surface area contributed by atoms with Crippen molar-refractivity contribution in [3.8, 4) is 5.75 Å². The Hall–Kier alpha value is -2.60. The van der Waals surface area contributed by atoms with Crippen LogP contribution in [0.25, 0.3) is 0 Å². The van der Waals surface area contributed by atoms with E-state index in [9.17, 15) is 13.2 Å². The van der Waals surface area contributed by atoms with Crippen molar-refractivity contribution in [3.63, 3.8) is 0 Å². The Morgan fingerprint density at radius 1 is 1.12 bits per heavy atom. The van der Waals surface area contributed by atoms with Crippen LogP contribution in [0.5, 0.6) is 5.75 Å². The Bertz CT molecular complexity index is 891. The molecule has 1 heterocycles. The van der Waals surface area contributed by atoms with Crippen molar-refractivity contribution < 1.29 is 17.9 Å². The minimum Gasteiger partial charge on any atom is -0.493 e. The third-order valence-corrected chi connectivity index (χ3v) is 5.29. The maximum Gasteiger partial charge on any atom is 0.262 e. The highest BCUT2D eigenvalue weighted by Crippen LogP contribution is 2.28. The Labute approximate surface area is 147 Å². The molecule has 0 saturated heterocycles. The van der Waals surface area contributed by atoms with E-state index >= 15 is 0 Å². The van der Waals surface area contributed by atoms with E-state index in [1.165, 1.54) is 10.3 Å². The maximum absolute atomic E-state index is 13.3. The smallest absolute Gasteiger partial charge is 0.262 e. The zero-order valence-electron chi connectivity index (χ0n) is 13.8. The number of benzene rings is 2. The molecule has 0 N–H and O–H groups in total. The summed E-state index contributed by atoms with van der Waals surface area (Å²) in [7, 11) is -3.29. The van der Waals surface area contributed by atoms with Crippen molar-refractivity contribution in [3.05, 3.63) is 71.6 Å². The Balaban J connectivity index is 2.04. The normalized spacial score (nSPS) is 18.0. The van der Waals surface area contributed by atoms with E-state index in [1.54, 1.807) is 42.5 Å². The number of carbonyl (C=O) groups is 1. The summed E-state index contributed by atoms with van der Waals surface area (Å²) >= 11 is 0. The zero-order valence-corrected chi connectivity index (χ0v) is 14.6. The topological polar surface area (TPSA) is 63.7 Å². The van der Waals surface area contributed by atoms with Gasteiger partial charge in [0.25, 0.3) is 5.91 Å². The molecule has 1 atom stereocenters. The molecule has 0 aromatic heterocycles. The lowest BCUT2D eigenvalue weighted by atomic mass is 10.1. The zero-order chi connectivity index (χ0) is 17.9. The summed E-state index contributed by atoms with van der Waals surface area (Å²) in [4.78, 5) is 14.8. The van der Waals surface area contributed by atoms with Gasteiger partial charge in [-0.3, -0.25) is 4.79 Å². The van der Waals surface area contributed by atoms with E-state index in [0.29, 0.717) is 23.6 Å². The van der Waals surface area contributed by atoms with Gasteiger partial charge in [0, 0.05) is 11.1 Å². The minimum absolute atomic E-state index is 0.121. The Kier molecular flexibility index (Phi) is 4.90. The molecule has 25 heavy (non-hydrogen) atoms. The molecule has 0 fully saturated rings. The summed E-state index contributed by atoms with van der Waals surface area (Å²) in [6.07, 6.45) is 1.56. The molecular weight excluding hydrogens is 338 g/mol. The van der Waals surface area contributed by atoms with Crippen LogP contribution in [0, 0.1) is 0 Å². The molecule has 130 valence electrons. The molecule has 0 saturated carbocycles. The van der Waals surface area contributed by atoms with E-state index in [4.69, 9.17) is 4.74 Å². The number of rotatable bonds is 5. The number of carbonyl (C=O) groups excluding carboxylic acids is 1. The van der Waals surface area contributed by atoms with Crippen molar-refractivity contribution in [1.29, 1.82) is 0 Å². The van der Waals surface area contributed by atoms with Crippen molar-refractivity contribution in [1.82, 2.24) is 0 Å². The highest BCUT2D eigenvalue weighted by atomic mass is 32.2. The standard InChI is InChI=1S/C19H19NO4S/c1-2-24-18-11-7-6-10-17(18)19(21)20(15-8-4-3-5-9-15)16-12-13-25(22,23)14-16/h3-13,16H,2,14H2,1H3/t16-/m1/s1. The average Bonchev–Trinajstić information content (AvgIpc) is 2.96. The number of para-hydroxylation sites is 2. The van der Waals surface area contributed by atoms with E-state index in [2.05, 4.69) is 0 Å². The largest absolute Gasteiger partial charge is 0.493 e. The molecule has 2 aromatic rings. The third kappa shape index (κ3) is 3.74. The van der Waals surface area contributed by atoms with Crippen LogP contribution >= 0.6 is 0 Å². The molecule has 5 nitrogen and oxygen atoms in total. The molecule has 2 aromatic carbocycles. The summed E-state index contributed by atoms with van der Waals surface area (Å²) in [6.45, 7) is 2.29. The lowest BCUT2D eigenvalue weighted by Gasteiger charge is -2.28. The van der Waals surface area contributed by atoms with Crippen LogP contribution in [0.15, 0.2) is 66.1 Å². The van der Waals surface area contributed by atoms with Gasteiger partial charge in [-0.15, -0.1) is 0 Å². The van der Waals surface area contributed by atoms with Gasteiger partial charge < -0.3 is 9.64 Å². The van der Waals surface area contributed by atoms with Gasteiger partial charge in [0.05, 0.1) is 24.0 Å². The van der Waals surface area contributed by atoms with Crippen LogP contribution in [-0.4, -0.2) is 32.7 Å². The lowest BCUT2D eigenvalue weighted by molar-refractivity contribution is 0.0979. The summed E-state index contributed by atoms with van der Waals surface area (Å²) in [5.41, 5.74) is 1.05. The number of nitrogens with zero attached hydrogens (tertiary/aromatic N) is 1. The summed E-state index contributed by atoms with van der Waals surface area (Å²) in [5.74, 6) is 0.0764. The first-order valence-electron chi connectivity index (χ1n) is 8.03. The van der Waals surface area contributed by atoms with Gasteiger partial charge in [0.2, 0.25) is 0 Å². The highest BCUT2D eigenvalue weighted by Gasteiger charge is 2.32. The number of amides is 1. The molecule has 0 aliphatic carbocycles. The SMILES string of the molecule is CCOc1ccccc1C(=O)N(c1ccccc1)[C@@H]1C=CS(=O)(=O)C1. The fourth-order valence-electron chi connectivity index (χ4n) is 2.82. The number of hydrogen-bond acceptors (Lipinski definition) is 4. The molecular formula is C19H19NO4S. The first kappa shape index (κ1) is 17.2. The monoisotopic (exact) mass is 357 g/mol. The van der Waals surface area contributed by atoms with Gasteiger partial charge in [-0.05, 0) is 37.3 Å². The Morgan fingerprint density at radius 2 is 1.80 bits per heavy atom. The molecule has 6 heteroatoms. The highest BCUT2D eigenvalue weighted by molar-refractivity contribution is 7.94. The van der Waals surface area contributed by atoms with Crippen LogP contribution < -0.4 is 9.64 Å². The second-order valence-electron chi connectivity index (χ2n) is 5.67. The van der Waals surface area contributed by atoms with Crippen LogP contribution in [0.3, 0.4) is 0 Å². The van der Waals surface area contributed by atoms with E-state index in [1.807, 2.05) is 25.1 Å². The number of ether oxygens (including phenoxy) is 1. The number of hydrogen-bond donors (Lipinski definition) is 0. The minimum atomic E-state index is -3.29. The summed E-state index contributed by atoms with van der Waals surface area (Å²) in [5, 5.41) is 1.18. The molecule has 0 unspecified atom stereocenters. The lowest BCUT2D eigenvalue weighted by Crippen LogP contribution is -2.41. The van der Waals surface area contributed by atoms with Gasteiger partial charge in [-0.25, -0.2) is 8.42 Å². The maximum atomic E-state index is 13.3. The Morgan fingerprint density at radius 3 is 2.44 bits per heavy atom. The van der Waals surface area contributed by atoms with Gasteiger partial charge in [0.1, 0.15) is 5.75 Å². The van der Waals surface area contributed by atoms with Crippen LogP contribution in [0.2, 0.25) is 0 Å².